The van der Waals surface area contributed by atoms with Crippen LogP contribution in [-0.4, -0.2) is 72.1 Å². The maximum atomic E-state index is 13.0. The van der Waals surface area contributed by atoms with Crippen LogP contribution in [0.1, 0.15) is 55.4 Å². The maximum absolute atomic E-state index is 13.0. The van der Waals surface area contributed by atoms with Crippen LogP contribution in [0, 0.1) is 0 Å². The molecule has 0 aromatic heterocycles. The van der Waals surface area contributed by atoms with Gasteiger partial charge in [-0.25, -0.2) is 4.79 Å². The van der Waals surface area contributed by atoms with Crippen molar-refractivity contribution in [2.24, 2.45) is 5.11 Å². The minimum Gasteiger partial charge on any atom is -0.464 e. The molecule has 0 saturated carbocycles. The third kappa shape index (κ3) is 8.03. The highest BCUT2D eigenvalue weighted by atomic mass is 28.4. The van der Waals surface area contributed by atoms with Crippen LogP contribution in [0.15, 0.2) is 5.11 Å². The highest BCUT2D eigenvalue weighted by molar-refractivity contribution is 6.74. The second-order valence-corrected chi connectivity index (χ2v) is 18.6. The van der Waals surface area contributed by atoms with Crippen LogP contribution in [0.3, 0.4) is 0 Å². The molecular weight excluding hydrogens is 484 g/mol. The molecule has 1 amide bonds. The quantitative estimate of drug-likeness (QED) is 0.105. The molecule has 0 bridgehead atoms. The molecule has 1 fully saturated rings. The lowest BCUT2D eigenvalue weighted by atomic mass is 9.92. The van der Waals surface area contributed by atoms with E-state index in [-0.39, 0.29) is 19.1 Å². The smallest absolute Gasteiger partial charge is 0.337 e. The number of amides is 1. The number of hydrogen-bond acceptors (Lipinski definition) is 7. The van der Waals surface area contributed by atoms with Gasteiger partial charge < -0.3 is 23.6 Å². The van der Waals surface area contributed by atoms with Crippen molar-refractivity contribution in [2.45, 2.75) is 122 Å². The first-order valence-corrected chi connectivity index (χ1v) is 18.2. The van der Waals surface area contributed by atoms with E-state index in [9.17, 15) is 9.59 Å². The first-order valence-electron chi connectivity index (χ1n) is 13.1. The number of carbonyl (C=O) groups excluding carboxylic acids is 2. The standard InChI is InChI=1S/C23H46N4O6Si2/c1-9-30-23(29)22-19(26-17(8)28)21(33-35(13-5,14-6)15-7)20(18(31-22)16-25-27-24)32-34(10-2,11-3)12-4/h18-22H,9-16H2,1-8H3,(H,26,28)/t18-,19?,20-,21-,22?/m1/s1. The van der Waals surface area contributed by atoms with E-state index < -0.39 is 53.1 Å². The Bertz CT molecular complexity index is 712. The Hall–Kier alpha value is -1.44. The molecule has 2 unspecified atom stereocenters. The molecule has 0 aromatic carbocycles. The first kappa shape index (κ1) is 31.6. The number of ether oxygens (including phenoxy) is 2. The van der Waals surface area contributed by atoms with Crippen molar-refractivity contribution in [2.75, 3.05) is 13.2 Å². The molecule has 202 valence electrons. The molecular formula is C23H46N4O6Si2. The molecule has 35 heavy (non-hydrogen) atoms. The van der Waals surface area contributed by atoms with Gasteiger partial charge >= 0.3 is 5.97 Å². The molecule has 1 saturated heterocycles. The van der Waals surface area contributed by atoms with Crippen LogP contribution >= 0.6 is 0 Å². The fourth-order valence-electron chi connectivity index (χ4n) is 4.88. The summed E-state index contributed by atoms with van der Waals surface area (Å²) < 4.78 is 25.5. The number of rotatable bonds is 15. The highest BCUT2D eigenvalue weighted by Crippen LogP contribution is 2.36. The van der Waals surface area contributed by atoms with Crippen molar-refractivity contribution in [3.05, 3.63) is 10.4 Å². The second kappa shape index (κ2) is 15.0. The average Bonchev–Trinajstić information content (AvgIpc) is 2.86. The van der Waals surface area contributed by atoms with E-state index in [1.165, 1.54) is 6.92 Å². The molecule has 1 aliphatic heterocycles. The molecule has 1 heterocycles. The summed E-state index contributed by atoms with van der Waals surface area (Å²) in [6.07, 6.45) is -3.03. The Morgan fingerprint density at radius 1 is 0.914 bits per heavy atom. The van der Waals surface area contributed by atoms with Gasteiger partial charge in [0.1, 0.15) is 0 Å². The van der Waals surface area contributed by atoms with E-state index in [1.807, 2.05) is 0 Å². The molecule has 5 atom stereocenters. The van der Waals surface area contributed by atoms with Gasteiger partial charge in [-0.15, -0.1) is 0 Å². The summed E-state index contributed by atoms with van der Waals surface area (Å²) in [5.41, 5.74) is 9.05. The Kier molecular flexibility index (Phi) is 13.5. The van der Waals surface area contributed by atoms with Crippen molar-refractivity contribution >= 4 is 28.5 Å². The molecule has 0 spiro atoms. The molecule has 0 aromatic rings. The molecule has 1 aliphatic rings. The van der Waals surface area contributed by atoms with E-state index in [1.54, 1.807) is 6.92 Å². The molecule has 0 radical (unpaired) electrons. The number of nitrogens with one attached hydrogen (secondary N) is 1. The predicted octanol–water partition coefficient (Wildman–Crippen LogP) is 4.91. The Morgan fingerprint density at radius 2 is 1.40 bits per heavy atom. The summed E-state index contributed by atoms with van der Waals surface area (Å²) in [7, 11) is -4.39. The number of hydrogen-bond donors (Lipinski definition) is 1. The Labute approximate surface area is 212 Å². The lowest BCUT2D eigenvalue weighted by molar-refractivity contribution is -0.196. The maximum Gasteiger partial charge on any atom is 0.337 e. The number of carbonyl (C=O) groups is 2. The van der Waals surface area contributed by atoms with Crippen molar-refractivity contribution < 1.29 is 27.9 Å². The summed E-state index contributed by atoms with van der Waals surface area (Å²) in [5, 5.41) is 6.70. The van der Waals surface area contributed by atoms with Crippen LogP contribution in [0.5, 0.6) is 0 Å². The SMILES string of the molecule is CCOC(=O)C1O[C@H](CN=[N+]=[N-])[C@@H](O[Si](CC)(CC)CC)[C@H](O[Si](CC)(CC)CC)C1NC(C)=O. The monoisotopic (exact) mass is 530 g/mol. The van der Waals surface area contributed by atoms with Crippen molar-refractivity contribution in [1.29, 1.82) is 0 Å². The summed E-state index contributed by atoms with van der Waals surface area (Å²) in [4.78, 5) is 28.2. The normalized spacial score (nSPS) is 25.0. The van der Waals surface area contributed by atoms with Crippen LogP contribution in [0.2, 0.25) is 36.3 Å². The fourth-order valence-corrected chi connectivity index (χ4v) is 10.6. The molecule has 1 N–H and O–H groups in total. The van der Waals surface area contributed by atoms with Crippen LogP contribution in [0.4, 0.5) is 0 Å². The summed E-state index contributed by atoms with van der Waals surface area (Å²) in [6, 6.07) is 4.59. The predicted molar refractivity (Wildman–Crippen MR) is 141 cm³/mol. The van der Waals surface area contributed by atoms with E-state index in [0.29, 0.717) is 0 Å². The van der Waals surface area contributed by atoms with Crippen LogP contribution in [0.25, 0.3) is 10.4 Å². The highest BCUT2D eigenvalue weighted by Gasteiger charge is 2.54. The van der Waals surface area contributed by atoms with Gasteiger partial charge in [-0.1, -0.05) is 46.7 Å². The van der Waals surface area contributed by atoms with E-state index >= 15 is 0 Å². The van der Waals surface area contributed by atoms with E-state index in [2.05, 4.69) is 56.9 Å². The molecule has 1 rings (SSSR count). The topological polar surface area (TPSA) is 132 Å². The molecule has 12 heteroatoms. The zero-order chi connectivity index (χ0) is 26.6. The van der Waals surface area contributed by atoms with E-state index in [4.69, 9.17) is 23.9 Å². The average molecular weight is 531 g/mol. The summed E-state index contributed by atoms with van der Waals surface area (Å²) in [6.45, 7) is 16.1. The van der Waals surface area contributed by atoms with E-state index in [0.717, 1.165) is 36.3 Å². The minimum atomic E-state index is -2.22. The van der Waals surface area contributed by atoms with Gasteiger partial charge in [0.25, 0.3) is 0 Å². The minimum absolute atomic E-state index is 0.00965. The lowest BCUT2D eigenvalue weighted by Crippen LogP contribution is -2.70. The molecule has 0 aliphatic carbocycles. The largest absolute Gasteiger partial charge is 0.464 e. The van der Waals surface area contributed by atoms with Crippen molar-refractivity contribution in [3.8, 4) is 0 Å². The zero-order valence-electron chi connectivity index (χ0n) is 22.8. The van der Waals surface area contributed by atoms with Gasteiger partial charge in [0, 0.05) is 11.8 Å². The number of nitrogens with zero attached hydrogens (tertiary/aromatic N) is 3. The van der Waals surface area contributed by atoms with Crippen molar-refractivity contribution in [1.82, 2.24) is 5.32 Å². The lowest BCUT2D eigenvalue weighted by Gasteiger charge is -2.51. The first-order chi connectivity index (χ1) is 16.6. The van der Waals surface area contributed by atoms with Gasteiger partial charge in [0.05, 0.1) is 37.5 Å². The third-order valence-corrected chi connectivity index (χ3v) is 16.8. The zero-order valence-corrected chi connectivity index (χ0v) is 24.8. The number of esters is 1. The Balaban J connectivity index is 3.73. The van der Waals surface area contributed by atoms with Gasteiger partial charge in [0.15, 0.2) is 22.7 Å². The van der Waals surface area contributed by atoms with Gasteiger partial charge in [-0.2, -0.15) is 0 Å². The summed E-state index contributed by atoms with van der Waals surface area (Å²) in [5.74, 6) is -0.874. The third-order valence-electron chi connectivity index (χ3n) is 7.54. The number of azide groups is 1. The van der Waals surface area contributed by atoms with Crippen molar-refractivity contribution in [3.63, 3.8) is 0 Å². The van der Waals surface area contributed by atoms with Crippen LogP contribution in [-0.2, 0) is 27.9 Å². The fraction of sp³-hybridized carbons (Fsp3) is 0.913. The van der Waals surface area contributed by atoms with Gasteiger partial charge in [-0.05, 0) is 48.7 Å². The van der Waals surface area contributed by atoms with Gasteiger partial charge in [0.2, 0.25) is 5.91 Å². The van der Waals surface area contributed by atoms with Gasteiger partial charge in [-0.3, -0.25) is 4.79 Å². The molecule has 10 nitrogen and oxygen atoms in total. The van der Waals surface area contributed by atoms with Crippen LogP contribution < -0.4 is 5.32 Å². The Morgan fingerprint density at radius 3 is 1.80 bits per heavy atom. The second-order valence-electron chi connectivity index (χ2n) is 9.14. The summed E-state index contributed by atoms with van der Waals surface area (Å²) >= 11 is 0.